The molecule has 0 bridgehead atoms. The molecule has 1 aromatic heterocycles. The summed E-state index contributed by atoms with van der Waals surface area (Å²) in [6, 6.07) is 2.07. The lowest BCUT2D eigenvalue weighted by Crippen LogP contribution is -2.05. The number of nitrogens with one attached hydrogen (secondary N) is 1. The van der Waals surface area contributed by atoms with Crippen LogP contribution in [-0.2, 0) is 6.42 Å². The van der Waals surface area contributed by atoms with E-state index in [4.69, 9.17) is 0 Å². The van der Waals surface area contributed by atoms with Gasteiger partial charge >= 0.3 is 0 Å². The predicted octanol–water partition coefficient (Wildman–Crippen LogP) is 4.00. The average molecular weight is 267 g/mol. The molecule has 3 nitrogen and oxygen atoms in total. The number of anilines is 1. The molecule has 0 radical (unpaired) electrons. The van der Waals surface area contributed by atoms with Gasteiger partial charge in [0.2, 0.25) is 0 Å². The van der Waals surface area contributed by atoms with Gasteiger partial charge in [-0.15, -0.1) is 11.8 Å². The largest absolute Gasteiger partial charge is 0.370 e. The van der Waals surface area contributed by atoms with Crippen molar-refractivity contribution in [3.63, 3.8) is 0 Å². The molecule has 1 aromatic rings. The fraction of sp³-hybridized carbons (Fsp3) is 0.714. The van der Waals surface area contributed by atoms with Crippen LogP contribution in [0.4, 0.5) is 5.82 Å². The molecule has 0 amide bonds. The van der Waals surface area contributed by atoms with E-state index >= 15 is 0 Å². The number of hydrogen-bond donors (Lipinski definition) is 1. The summed E-state index contributed by atoms with van der Waals surface area (Å²) in [6.07, 6.45) is 3.23. The van der Waals surface area contributed by atoms with E-state index in [1.165, 1.54) is 6.42 Å². The maximum Gasteiger partial charge on any atom is 0.131 e. The first-order valence-corrected chi connectivity index (χ1v) is 7.88. The molecule has 102 valence electrons. The summed E-state index contributed by atoms with van der Waals surface area (Å²) in [7, 11) is 0. The minimum atomic E-state index is 0.752. The van der Waals surface area contributed by atoms with E-state index in [0.29, 0.717) is 0 Å². The number of hydrogen-bond acceptors (Lipinski definition) is 4. The Bertz CT molecular complexity index is 353. The maximum absolute atomic E-state index is 4.57. The second-order valence-electron chi connectivity index (χ2n) is 4.82. The van der Waals surface area contributed by atoms with E-state index in [1.807, 2.05) is 11.8 Å². The van der Waals surface area contributed by atoms with Crippen LogP contribution in [0.2, 0.25) is 0 Å². The van der Waals surface area contributed by atoms with Gasteiger partial charge in [-0.1, -0.05) is 27.7 Å². The first kappa shape index (κ1) is 15.3. The van der Waals surface area contributed by atoms with Crippen LogP contribution in [0.15, 0.2) is 11.1 Å². The van der Waals surface area contributed by atoms with Crippen molar-refractivity contribution >= 4 is 17.6 Å². The Kier molecular flexibility index (Phi) is 7.09. The fourth-order valence-corrected chi connectivity index (χ4v) is 2.61. The number of thioether (sulfide) groups is 1. The van der Waals surface area contributed by atoms with Crippen LogP contribution >= 0.6 is 11.8 Å². The summed E-state index contributed by atoms with van der Waals surface area (Å²) in [5.74, 6) is 3.78. The molecule has 18 heavy (non-hydrogen) atoms. The lowest BCUT2D eigenvalue weighted by Gasteiger charge is -2.09. The molecule has 0 spiro atoms. The van der Waals surface area contributed by atoms with Gasteiger partial charge in [-0.25, -0.2) is 9.97 Å². The van der Waals surface area contributed by atoms with Crippen LogP contribution in [-0.4, -0.2) is 22.3 Å². The zero-order valence-corrected chi connectivity index (χ0v) is 12.8. The van der Waals surface area contributed by atoms with Gasteiger partial charge in [0.15, 0.2) is 0 Å². The molecule has 1 N–H and O–H groups in total. The Morgan fingerprint density at radius 1 is 1.28 bits per heavy atom. The summed E-state index contributed by atoms with van der Waals surface area (Å²) >= 11 is 1.83. The van der Waals surface area contributed by atoms with Crippen LogP contribution in [0.25, 0.3) is 0 Å². The maximum atomic E-state index is 4.57. The zero-order valence-electron chi connectivity index (χ0n) is 12.0. The van der Waals surface area contributed by atoms with Gasteiger partial charge in [-0.3, -0.25) is 0 Å². The molecule has 0 saturated heterocycles. The molecule has 0 fully saturated rings. The van der Waals surface area contributed by atoms with Crippen LogP contribution in [0, 0.1) is 5.92 Å². The summed E-state index contributed by atoms with van der Waals surface area (Å²) in [4.78, 5) is 9.07. The van der Waals surface area contributed by atoms with Crippen molar-refractivity contribution in [3.05, 3.63) is 11.9 Å². The topological polar surface area (TPSA) is 37.8 Å². The van der Waals surface area contributed by atoms with E-state index in [-0.39, 0.29) is 0 Å². The number of nitrogens with zero attached hydrogens (tertiary/aromatic N) is 2. The highest BCUT2D eigenvalue weighted by atomic mass is 32.2. The van der Waals surface area contributed by atoms with Crippen molar-refractivity contribution in [1.82, 2.24) is 9.97 Å². The minimum Gasteiger partial charge on any atom is -0.370 e. The third kappa shape index (κ3) is 5.71. The molecule has 0 aliphatic heterocycles. The standard InChI is InChI=1S/C14H25N3S/c1-5-8-15-13-10-14(17-12(6-2)16-13)18-9-7-11(3)4/h10-11H,5-9H2,1-4H3,(H,15,16,17). The third-order valence-electron chi connectivity index (χ3n) is 2.57. The molecular formula is C14H25N3S. The van der Waals surface area contributed by atoms with E-state index < -0.39 is 0 Å². The highest BCUT2D eigenvalue weighted by Crippen LogP contribution is 2.21. The van der Waals surface area contributed by atoms with Crippen molar-refractivity contribution < 1.29 is 0 Å². The molecule has 1 heterocycles. The molecule has 0 unspecified atom stereocenters. The first-order valence-electron chi connectivity index (χ1n) is 6.90. The fourth-order valence-electron chi connectivity index (χ4n) is 1.45. The number of aromatic nitrogens is 2. The summed E-state index contributed by atoms with van der Waals surface area (Å²) < 4.78 is 0. The molecule has 0 atom stereocenters. The number of rotatable bonds is 8. The van der Waals surface area contributed by atoms with Crippen molar-refractivity contribution in [2.24, 2.45) is 5.92 Å². The Hall–Kier alpha value is -0.770. The van der Waals surface area contributed by atoms with E-state index in [9.17, 15) is 0 Å². The quantitative estimate of drug-likeness (QED) is 0.570. The minimum absolute atomic E-state index is 0.752. The second-order valence-corrected chi connectivity index (χ2v) is 5.93. The lowest BCUT2D eigenvalue weighted by molar-refractivity contribution is 0.632. The summed E-state index contributed by atoms with van der Waals surface area (Å²) in [5.41, 5.74) is 0. The molecule has 0 aliphatic carbocycles. The molecule has 0 aromatic carbocycles. The monoisotopic (exact) mass is 267 g/mol. The van der Waals surface area contributed by atoms with Crippen molar-refractivity contribution in [1.29, 1.82) is 0 Å². The summed E-state index contributed by atoms with van der Waals surface area (Å²) in [5, 5.41) is 4.44. The normalized spacial score (nSPS) is 10.9. The van der Waals surface area contributed by atoms with Crippen molar-refractivity contribution in [3.8, 4) is 0 Å². The van der Waals surface area contributed by atoms with Gasteiger partial charge in [0, 0.05) is 19.0 Å². The lowest BCUT2D eigenvalue weighted by atomic mass is 10.2. The average Bonchev–Trinajstić information content (AvgIpc) is 2.35. The van der Waals surface area contributed by atoms with Gasteiger partial charge in [0.25, 0.3) is 0 Å². The van der Waals surface area contributed by atoms with Crippen molar-refractivity contribution in [2.45, 2.75) is 52.0 Å². The highest BCUT2D eigenvalue weighted by Gasteiger charge is 2.04. The van der Waals surface area contributed by atoms with Crippen LogP contribution in [0.5, 0.6) is 0 Å². The highest BCUT2D eigenvalue weighted by molar-refractivity contribution is 7.99. The molecule has 0 aliphatic rings. The van der Waals surface area contributed by atoms with Gasteiger partial charge in [-0.2, -0.15) is 0 Å². The van der Waals surface area contributed by atoms with E-state index in [1.54, 1.807) is 0 Å². The van der Waals surface area contributed by atoms with Crippen LogP contribution < -0.4 is 5.32 Å². The van der Waals surface area contributed by atoms with Crippen LogP contribution in [0.1, 0.15) is 46.4 Å². The van der Waals surface area contributed by atoms with Gasteiger partial charge < -0.3 is 5.32 Å². The predicted molar refractivity (Wildman–Crippen MR) is 80.4 cm³/mol. The van der Waals surface area contributed by atoms with Gasteiger partial charge in [0.05, 0.1) is 0 Å². The molecular weight excluding hydrogens is 242 g/mol. The first-order chi connectivity index (χ1) is 8.65. The molecule has 0 saturated carbocycles. The Balaban J connectivity index is 2.64. The molecule has 1 rings (SSSR count). The Morgan fingerprint density at radius 3 is 2.67 bits per heavy atom. The van der Waals surface area contributed by atoms with E-state index in [2.05, 4.69) is 49.0 Å². The summed E-state index contributed by atoms with van der Waals surface area (Å²) in [6.45, 7) is 9.74. The van der Waals surface area contributed by atoms with Gasteiger partial charge in [0.1, 0.15) is 16.7 Å². The van der Waals surface area contributed by atoms with Crippen molar-refractivity contribution in [2.75, 3.05) is 17.6 Å². The Labute approximate surface area is 115 Å². The second kappa shape index (κ2) is 8.35. The van der Waals surface area contributed by atoms with Crippen LogP contribution in [0.3, 0.4) is 0 Å². The Morgan fingerprint density at radius 2 is 2.06 bits per heavy atom. The smallest absolute Gasteiger partial charge is 0.131 e. The van der Waals surface area contributed by atoms with Gasteiger partial charge in [-0.05, 0) is 24.5 Å². The zero-order chi connectivity index (χ0) is 13.4. The molecule has 4 heteroatoms. The third-order valence-corrected chi connectivity index (χ3v) is 3.51. The number of aryl methyl sites for hydroxylation is 1. The van der Waals surface area contributed by atoms with E-state index in [0.717, 1.165) is 47.7 Å². The SMILES string of the molecule is CCCNc1cc(SCCC(C)C)nc(CC)n1.